The topological polar surface area (TPSA) is 95.8 Å². The summed E-state index contributed by atoms with van der Waals surface area (Å²) in [6.45, 7) is 5.94. The van der Waals surface area contributed by atoms with Gasteiger partial charge in [0.1, 0.15) is 11.5 Å². The van der Waals surface area contributed by atoms with E-state index in [-0.39, 0.29) is 17.9 Å². The second-order valence-corrected chi connectivity index (χ2v) is 8.01. The lowest BCUT2D eigenvalue weighted by Gasteiger charge is -2.38. The number of piperidine rings is 1. The highest BCUT2D eigenvalue weighted by atomic mass is 16.7. The Bertz CT molecular complexity index is 905. The Morgan fingerprint density at radius 2 is 1.97 bits per heavy atom. The molecule has 1 fully saturated rings. The third kappa shape index (κ3) is 3.83. The summed E-state index contributed by atoms with van der Waals surface area (Å²) in [6, 6.07) is 7.47. The first-order valence-electron chi connectivity index (χ1n) is 9.77. The number of benzene rings is 1. The van der Waals surface area contributed by atoms with Gasteiger partial charge in [-0.25, -0.2) is 0 Å². The van der Waals surface area contributed by atoms with Crippen molar-refractivity contribution in [2.75, 3.05) is 6.54 Å². The summed E-state index contributed by atoms with van der Waals surface area (Å²) < 4.78 is 0. The fraction of sp³-hybridized carbons (Fsp3) is 0.450. The van der Waals surface area contributed by atoms with Crippen molar-refractivity contribution in [3.63, 3.8) is 0 Å². The molecule has 9 heteroatoms. The average Bonchev–Trinajstić information content (AvgIpc) is 3.40. The van der Waals surface area contributed by atoms with Crippen molar-refractivity contribution in [1.29, 1.82) is 0 Å². The number of nitrogens with one attached hydrogen (secondary N) is 1. The summed E-state index contributed by atoms with van der Waals surface area (Å²) >= 11 is 0. The number of aliphatic hydroxyl groups is 1. The van der Waals surface area contributed by atoms with E-state index < -0.39 is 5.72 Å². The number of hydrogen-bond donors (Lipinski definition) is 2. The first-order valence-corrected chi connectivity index (χ1v) is 9.77. The lowest BCUT2D eigenvalue weighted by Crippen LogP contribution is -2.46. The summed E-state index contributed by atoms with van der Waals surface area (Å²) in [5.74, 6) is 0.713. The number of amides is 1. The molecule has 9 nitrogen and oxygen atoms in total. The lowest BCUT2D eigenvalue weighted by atomic mass is 9.91. The molecule has 0 radical (unpaired) electrons. The fourth-order valence-electron chi connectivity index (χ4n) is 3.69. The molecule has 0 unspecified atom stereocenters. The highest BCUT2D eigenvalue weighted by molar-refractivity contribution is 5.98. The predicted molar refractivity (Wildman–Crippen MR) is 105 cm³/mol. The van der Waals surface area contributed by atoms with Crippen LogP contribution >= 0.6 is 0 Å². The summed E-state index contributed by atoms with van der Waals surface area (Å²) in [5, 5.41) is 20.0. The number of hydrogen-bond acceptors (Lipinski definition) is 7. The molecular weight excluding hydrogens is 372 g/mol. The number of rotatable bonds is 4. The van der Waals surface area contributed by atoms with Crippen LogP contribution in [0.2, 0.25) is 0 Å². The van der Waals surface area contributed by atoms with Gasteiger partial charge in [-0.05, 0) is 45.7 Å². The van der Waals surface area contributed by atoms with Crippen LogP contribution in [-0.2, 0) is 4.84 Å². The van der Waals surface area contributed by atoms with Gasteiger partial charge in [-0.2, -0.15) is 15.0 Å². The van der Waals surface area contributed by atoms with Gasteiger partial charge in [-0.15, -0.1) is 0 Å². The Labute approximate surface area is 169 Å². The number of likely N-dealkylation sites (tertiary alicyclic amines) is 1. The van der Waals surface area contributed by atoms with Gasteiger partial charge in [0.05, 0.1) is 29.8 Å². The Kier molecular flexibility index (Phi) is 5.01. The zero-order valence-corrected chi connectivity index (χ0v) is 16.8. The number of carbonyl (C=O) groups is 1. The third-order valence-electron chi connectivity index (χ3n) is 5.42. The predicted octanol–water partition coefficient (Wildman–Crippen LogP) is 1.83. The minimum Gasteiger partial charge on any atom is -0.391 e. The van der Waals surface area contributed by atoms with Gasteiger partial charge in [-0.3, -0.25) is 9.80 Å². The Hall–Kier alpha value is -2.91. The molecule has 4 rings (SSSR count). The molecular formula is C20H26N6O3. The average molecular weight is 398 g/mol. The molecule has 154 valence electrons. The number of aromatic nitrogens is 3. The zero-order chi connectivity index (χ0) is 20.6. The van der Waals surface area contributed by atoms with Gasteiger partial charge < -0.3 is 14.8 Å². The van der Waals surface area contributed by atoms with Gasteiger partial charge >= 0.3 is 0 Å². The maximum absolute atomic E-state index is 13.4. The first kappa shape index (κ1) is 19.4. The summed E-state index contributed by atoms with van der Waals surface area (Å²) in [6.07, 6.45) is 6.71. The maximum Gasteiger partial charge on any atom is 0.256 e. The molecule has 1 saturated heterocycles. The van der Waals surface area contributed by atoms with Crippen LogP contribution in [0.4, 0.5) is 0 Å². The molecule has 29 heavy (non-hydrogen) atoms. The highest BCUT2D eigenvalue weighted by Gasteiger charge is 2.36. The van der Waals surface area contributed by atoms with Crippen LogP contribution in [0.5, 0.6) is 0 Å². The van der Waals surface area contributed by atoms with Gasteiger partial charge in [0.2, 0.25) is 0 Å². The van der Waals surface area contributed by atoms with Crippen LogP contribution in [0.3, 0.4) is 0 Å². The van der Waals surface area contributed by atoms with Crippen molar-refractivity contribution in [3.05, 3.63) is 54.2 Å². The highest BCUT2D eigenvalue weighted by Crippen LogP contribution is 2.32. The smallest absolute Gasteiger partial charge is 0.256 e. The number of para-hydroxylation sites is 1. The van der Waals surface area contributed by atoms with Crippen LogP contribution in [0.25, 0.3) is 5.69 Å². The quantitative estimate of drug-likeness (QED) is 0.811. The van der Waals surface area contributed by atoms with Gasteiger partial charge in [0, 0.05) is 18.5 Å². The van der Waals surface area contributed by atoms with Gasteiger partial charge in [-0.1, -0.05) is 17.7 Å². The van der Waals surface area contributed by atoms with Crippen molar-refractivity contribution in [2.45, 2.75) is 45.4 Å². The third-order valence-corrected chi connectivity index (χ3v) is 5.42. The van der Waals surface area contributed by atoms with E-state index in [9.17, 15) is 9.90 Å². The van der Waals surface area contributed by atoms with E-state index in [1.807, 2.05) is 23.1 Å². The number of carbonyl (C=O) groups excluding carboxylic acids is 1. The van der Waals surface area contributed by atoms with Crippen molar-refractivity contribution in [2.24, 2.45) is 5.92 Å². The maximum atomic E-state index is 13.4. The molecule has 3 heterocycles. The fourth-order valence-corrected chi connectivity index (χ4v) is 3.69. The molecule has 1 aromatic carbocycles. The zero-order valence-electron chi connectivity index (χ0n) is 16.8. The Morgan fingerprint density at radius 3 is 2.66 bits per heavy atom. The molecule has 0 spiro atoms. The van der Waals surface area contributed by atoms with Crippen molar-refractivity contribution < 1.29 is 14.7 Å². The lowest BCUT2D eigenvalue weighted by molar-refractivity contribution is -0.132. The molecule has 0 saturated carbocycles. The molecule has 2 aliphatic heterocycles. The van der Waals surface area contributed by atoms with Crippen molar-refractivity contribution >= 4 is 5.91 Å². The van der Waals surface area contributed by atoms with E-state index in [0.29, 0.717) is 17.8 Å². The monoisotopic (exact) mass is 398 g/mol. The largest absolute Gasteiger partial charge is 0.391 e. The van der Waals surface area contributed by atoms with Crippen molar-refractivity contribution in [1.82, 2.24) is 30.5 Å². The molecule has 2 aromatic rings. The molecule has 0 aliphatic carbocycles. The molecule has 2 aliphatic rings. The first-order chi connectivity index (χ1) is 13.8. The van der Waals surface area contributed by atoms with Crippen LogP contribution in [0, 0.1) is 5.92 Å². The van der Waals surface area contributed by atoms with Gasteiger partial charge in [0.25, 0.3) is 5.91 Å². The second kappa shape index (κ2) is 7.49. The second-order valence-electron chi connectivity index (χ2n) is 8.01. The van der Waals surface area contributed by atoms with E-state index >= 15 is 0 Å². The molecule has 1 amide bonds. The SMILES string of the molecule is C[C@@H]1CC[C@@H](C2=CN(C(C)(C)O)NO2)CN1C(=O)c1ccccc1-n1nccn1. The number of nitrogens with zero attached hydrogens (tertiary/aromatic N) is 5. The summed E-state index contributed by atoms with van der Waals surface area (Å²) in [7, 11) is 0. The summed E-state index contributed by atoms with van der Waals surface area (Å²) in [4.78, 5) is 22.4. The van der Waals surface area contributed by atoms with E-state index in [1.165, 1.54) is 9.81 Å². The molecule has 0 bridgehead atoms. The van der Waals surface area contributed by atoms with Crippen LogP contribution < -0.4 is 5.59 Å². The van der Waals surface area contributed by atoms with E-state index in [0.717, 1.165) is 18.6 Å². The van der Waals surface area contributed by atoms with Crippen LogP contribution in [0.15, 0.2) is 48.6 Å². The van der Waals surface area contributed by atoms with Crippen molar-refractivity contribution in [3.8, 4) is 5.69 Å². The van der Waals surface area contributed by atoms with E-state index in [4.69, 9.17) is 4.84 Å². The van der Waals surface area contributed by atoms with Crippen LogP contribution in [-0.4, -0.2) is 54.2 Å². The molecule has 2 atom stereocenters. The van der Waals surface area contributed by atoms with Crippen LogP contribution in [0.1, 0.15) is 44.0 Å². The normalized spacial score (nSPS) is 22.4. The summed E-state index contributed by atoms with van der Waals surface area (Å²) in [5.41, 5.74) is 2.86. The van der Waals surface area contributed by atoms with E-state index in [2.05, 4.69) is 22.7 Å². The minimum atomic E-state index is -1.09. The molecule has 2 N–H and O–H groups in total. The standard InChI is InChI=1S/C20H26N6O3/c1-14-8-9-15(18-13-25(23-29-18)20(2,3)28)12-24(14)19(27)16-6-4-5-7-17(16)26-21-10-11-22-26/h4-7,10-11,13-15,23,28H,8-9,12H2,1-3H3/t14-,15-/m1/s1. The number of hydrazine groups is 1. The van der Waals surface area contributed by atoms with Gasteiger partial charge in [0.15, 0.2) is 0 Å². The van der Waals surface area contributed by atoms with E-state index in [1.54, 1.807) is 38.5 Å². The molecule has 1 aromatic heterocycles. The Balaban J connectivity index is 1.57. The minimum absolute atomic E-state index is 0.0463. The Morgan fingerprint density at radius 1 is 1.24 bits per heavy atom.